The molecule has 4 heterocycles. The maximum Gasteiger partial charge on any atom is 0.0701 e. The number of hydrogen-bond donors (Lipinski definition) is 0. The Morgan fingerprint density at radius 2 is 0.787 bits per heavy atom. The molecule has 4 nitrogen and oxygen atoms in total. The van der Waals surface area contributed by atoms with Gasteiger partial charge in [-0.2, -0.15) is 0 Å². The van der Waals surface area contributed by atoms with E-state index in [1.165, 1.54) is 105 Å². The zero-order chi connectivity index (χ0) is 49.4. The van der Waals surface area contributed by atoms with Gasteiger partial charge in [-0.3, -0.25) is 4.98 Å². The average Bonchev–Trinajstić information content (AvgIpc) is 4.19. The fourth-order valence-electron chi connectivity index (χ4n) is 12.1. The second-order valence-corrected chi connectivity index (χ2v) is 19.9. The van der Waals surface area contributed by atoms with E-state index in [1.54, 1.807) is 0 Å². The first-order chi connectivity index (χ1) is 37.2. The molecule has 352 valence electrons. The maximum atomic E-state index is 4.63. The van der Waals surface area contributed by atoms with E-state index in [4.69, 9.17) is 0 Å². The van der Waals surface area contributed by atoms with Crippen LogP contribution >= 0.6 is 0 Å². The van der Waals surface area contributed by atoms with Crippen LogP contribution in [0.15, 0.2) is 279 Å². The lowest BCUT2D eigenvalue weighted by atomic mass is 9.85. The number of para-hydroxylation sites is 1. The Bertz CT molecular complexity index is 4380. The van der Waals surface area contributed by atoms with Gasteiger partial charge in [0.15, 0.2) is 0 Å². The minimum atomic E-state index is 0.0720. The predicted octanol–water partition coefficient (Wildman–Crippen LogP) is 18.2. The summed E-state index contributed by atoms with van der Waals surface area (Å²) in [5, 5.41) is 4.93. The van der Waals surface area contributed by atoms with Gasteiger partial charge in [-0.05, 0) is 153 Å². The van der Waals surface area contributed by atoms with Crippen LogP contribution in [0.2, 0.25) is 0 Å². The van der Waals surface area contributed by atoms with Gasteiger partial charge in [0, 0.05) is 62.0 Å². The van der Waals surface area contributed by atoms with Gasteiger partial charge in [0.2, 0.25) is 0 Å². The molecule has 0 saturated carbocycles. The van der Waals surface area contributed by atoms with E-state index in [0.29, 0.717) is 0 Å². The van der Waals surface area contributed by atoms with Gasteiger partial charge >= 0.3 is 0 Å². The topological polar surface area (TPSA) is 26.0 Å². The highest BCUT2D eigenvalue weighted by Gasteiger charge is 2.39. The molecule has 2 unspecified atom stereocenters. The van der Waals surface area contributed by atoms with Gasteiger partial charge in [0.25, 0.3) is 0 Å². The summed E-state index contributed by atoms with van der Waals surface area (Å²) >= 11 is 0. The Morgan fingerprint density at radius 1 is 0.333 bits per heavy atom. The minimum Gasteiger partial charge on any atom is -0.333 e. The van der Waals surface area contributed by atoms with Gasteiger partial charge in [0.05, 0.1) is 33.8 Å². The van der Waals surface area contributed by atoms with E-state index in [1.807, 2.05) is 18.3 Å². The third-order valence-electron chi connectivity index (χ3n) is 15.7. The van der Waals surface area contributed by atoms with Crippen LogP contribution in [0.3, 0.4) is 0 Å². The van der Waals surface area contributed by atoms with E-state index in [-0.39, 0.29) is 12.0 Å². The number of pyridine rings is 1. The molecule has 75 heavy (non-hydrogen) atoms. The number of fused-ring (bicyclic) bond motifs is 9. The summed E-state index contributed by atoms with van der Waals surface area (Å²) in [7, 11) is 0. The molecule has 0 fully saturated rings. The average molecular weight is 957 g/mol. The lowest BCUT2D eigenvalue weighted by Crippen LogP contribution is -2.28. The summed E-state index contributed by atoms with van der Waals surface area (Å²) in [5.74, 6) is 0.106. The maximum absolute atomic E-state index is 4.63. The van der Waals surface area contributed by atoms with E-state index in [9.17, 15) is 0 Å². The molecular formula is C71H48N4. The molecule has 0 N–H and O–H groups in total. The molecule has 0 saturated heterocycles. The molecule has 1 aliphatic heterocycles. The summed E-state index contributed by atoms with van der Waals surface area (Å²) in [6, 6.07) is 93.2. The number of aromatic nitrogens is 3. The lowest BCUT2D eigenvalue weighted by molar-refractivity contribution is 0.747. The molecule has 15 rings (SSSR count). The molecule has 0 spiro atoms. The van der Waals surface area contributed by atoms with Crippen molar-refractivity contribution in [2.45, 2.75) is 12.0 Å². The highest BCUT2D eigenvalue weighted by molar-refractivity contribution is 6.13. The number of benzene rings is 10. The third-order valence-corrected chi connectivity index (χ3v) is 15.7. The number of anilines is 2. The highest BCUT2D eigenvalue weighted by atomic mass is 15.2. The standard InChI is InChI=1S/C71H48N4/c1-5-15-47(16-6-1)51-26-34-66-59(41-51)61-44-54(29-37-67(61)74(66)57-31-24-50(25-32-57)65-23-13-14-40-72-65)55-30-38-70-62(45-55)60-42-52(48-17-7-2-8-18-48)28-36-69(60)75(70)58-33-39-71-64(46-58)63-43-53(49-19-9-3-10-20-49)27-35-68(63)73(71)56-21-11-4-12-22-56/h1-46,62,70H. The molecule has 10 aromatic carbocycles. The zero-order valence-corrected chi connectivity index (χ0v) is 41.0. The van der Waals surface area contributed by atoms with E-state index in [2.05, 4.69) is 280 Å². The zero-order valence-electron chi connectivity index (χ0n) is 41.0. The fourth-order valence-corrected chi connectivity index (χ4v) is 12.1. The number of hydrogen-bond acceptors (Lipinski definition) is 2. The Morgan fingerprint density at radius 3 is 1.36 bits per heavy atom. The first kappa shape index (κ1) is 42.9. The van der Waals surface area contributed by atoms with Crippen molar-refractivity contribution in [3.63, 3.8) is 0 Å². The highest BCUT2D eigenvalue weighted by Crippen LogP contribution is 2.52. The van der Waals surface area contributed by atoms with Crippen LogP contribution in [0.1, 0.15) is 17.0 Å². The molecule has 13 aromatic rings. The van der Waals surface area contributed by atoms with Crippen molar-refractivity contribution in [3.8, 4) is 56.0 Å². The molecule has 1 aliphatic carbocycles. The van der Waals surface area contributed by atoms with Crippen LogP contribution in [0.5, 0.6) is 0 Å². The van der Waals surface area contributed by atoms with Gasteiger partial charge in [-0.15, -0.1) is 0 Å². The van der Waals surface area contributed by atoms with E-state index in [0.717, 1.165) is 22.6 Å². The second-order valence-electron chi connectivity index (χ2n) is 19.9. The molecule has 3 aromatic heterocycles. The van der Waals surface area contributed by atoms with Gasteiger partial charge in [-0.25, -0.2) is 0 Å². The van der Waals surface area contributed by atoms with Crippen LogP contribution in [0.4, 0.5) is 11.4 Å². The van der Waals surface area contributed by atoms with E-state index >= 15 is 0 Å². The first-order valence-corrected chi connectivity index (χ1v) is 25.9. The van der Waals surface area contributed by atoms with Crippen LogP contribution in [0, 0.1) is 0 Å². The van der Waals surface area contributed by atoms with Crippen LogP contribution in [-0.2, 0) is 0 Å². The molecule has 4 heteroatoms. The third kappa shape index (κ3) is 7.17. The first-order valence-electron chi connectivity index (χ1n) is 25.9. The minimum absolute atomic E-state index is 0.0720. The van der Waals surface area contributed by atoms with E-state index < -0.39 is 0 Å². The van der Waals surface area contributed by atoms with Crippen molar-refractivity contribution in [1.29, 1.82) is 0 Å². The smallest absolute Gasteiger partial charge is 0.0701 e. The fraction of sp³-hybridized carbons (Fsp3) is 0.0282. The SMILES string of the molecule is C1=CC2C(C=C1c1ccc3c(c1)c1cc(-c4ccccc4)ccc1n3-c1ccc(-c3ccccn3)cc1)c1cc(-c3ccccc3)ccc1N2c1ccc2c(c1)c1cc(-c3ccccc3)ccc1n2-c1ccccc1. The van der Waals surface area contributed by atoms with Crippen molar-refractivity contribution < 1.29 is 0 Å². The largest absolute Gasteiger partial charge is 0.333 e. The van der Waals surface area contributed by atoms with Crippen molar-refractivity contribution in [2.75, 3.05) is 4.90 Å². The predicted molar refractivity (Wildman–Crippen MR) is 313 cm³/mol. The van der Waals surface area contributed by atoms with Gasteiger partial charge < -0.3 is 14.0 Å². The molecule has 0 bridgehead atoms. The molecule has 2 aliphatic rings. The van der Waals surface area contributed by atoms with Crippen LogP contribution in [-0.4, -0.2) is 20.2 Å². The quantitative estimate of drug-likeness (QED) is 0.152. The summed E-state index contributed by atoms with van der Waals surface area (Å²) in [5.41, 5.74) is 22.5. The normalized spacial score (nSPS) is 14.9. The van der Waals surface area contributed by atoms with Crippen molar-refractivity contribution >= 4 is 60.6 Å². The Labute approximate surface area is 435 Å². The molecule has 0 amide bonds. The summed E-state index contributed by atoms with van der Waals surface area (Å²) in [4.78, 5) is 7.21. The number of allylic oxidation sites excluding steroid dienone is 2. The van der Waals surface area contributed by atoms with Gasteiger partial charge in [-0.1, -0.05) is 170 Å². The number of nitrogens with zero attached hydrogens (tertiary/aromatic N) is 4. The summed E-state index contributed by atoms with van der Waals surface area (Å²) in [6.07, 6.45) is 9.22. The van der Waals surface area contributed by atoms with Crippen molar-refractivity contribution in [1.82, 2.24) is 14.1 Å². The Hall–Kier alpha value is -9.77. The summed E-state index contributed by atoms with van der Waals surface area (Å²) < 4.78 is 4.83. The monoisotopic (exact) mass is 956 g/mol. The Balaban J connectivity index is 0.873. The number of rotatable bonds is 8. The van der Waals surface area contributed by atoms with Gasteiger partial charge in [0.1, 0.15) is 0 Å². The summed E-state index contributed by atoms with van der Waals surface area (Å²) in [6.45, 7) is 0. The molecular weight excluding hydrogens is 909 g/mol. The Kier molecular flexibility index (Phi) is 9.99. The van der Waals surface area contributed by atoms with Crippen molar-refractivity contribution in [2.24, 2.45) is 0 Å². The molecule has 2 atom stereocenters. The molecule has 0 radical (unpaired) electrons. The van der Waals surface area contributed by atoms with Crippen LogP contribution in [0.25, 0.3) is 105 Å². The lowest BCUT2D eigenvalue weighted by Gasteiger charge is -2.30. The van der Waals surface area contributed by atoms with Crippen molar-refractivity contribution in [3.05, 3.63) is 290 Å². The second kappa shape index (κ2) is 17.5. The van der Waals surface area contributed by atoms with Crippen LogP contribution < -0.4 is 4.90 Å².